The minimum absolute atomic E-state index is 0.0784. The van der Waals surface area contributed by atoms with Gasteiger partial charge in [-0.3, -0.25) is 0 Å². The average Bonchev–Trinajstić information content (AvgIpc) is 2.56. The molecule has 0 aliphatic rings. The van der Waals surface area contributed by atoms with E-state index in [0.29, 0.717) is 5.75 Å². The van der Waals surface area contributed by atoms with Gasteiger partial charge in [0.15, 0.2) is 0 Å². The van der Waals surface area contributed by atoms with Gasteiger partial charge in [0, 0.05) is 5.56 Å². The molecule has 0 heterocycles. The number of hydrogen-bond acceptors (Lipinski definition) is 2. The summed E-state index contributed by atoms with van der Waals surface area (Å²) in [6, 6.07) is 22.5. The van der Waals surface area contributed by atoms with Crippen molar-refractivity contribution in [2.45, 2.75) is 0 Å². The van der Waals surface area contributed by atoms with Crippen LogP contribution in [0.2, 0.25) is 0 Å². The van der Waals surface area contributed by atoms with E-state index >= 15 is 0 Å². The van der Waals surface area contributed by atoms with Crippen LogP contribution in [0.15, 0.2) is 78.9 Å². The van der Waals surface area contributed by atoms with E-state index in [1.54, 1.807) is 18.2 Å². The Balaban J connectivity index is 1.94. The van der Waals surface area contributed by atoms with Crippen LogP contribution in [0.25, 0.3) is 11.1 Å². The maximum Gasteiger partial charge on any atom is 0.346 e. The molecule has 3 rings (SSSR count). The van der Waals surface area contributed by atoms with Crippen LogP contribution in [0, 0.1) is 5.82 Å². The summed E-state index contributed by atoms with van der Waals surface area (Å²) in [7, 11) is 0. The average molecular weight is 292 g/mol. The number of rotatable bonds is 3. The van der Waals surface area contributed by atoms with E-state index in [-0.39, 0.29) is 5.56 Å². The van der Waals surface area contributed by atoms with Crippen molar-refractivity contribution in [3.63, 3.8) is 0 Å². The van der Waals surface area contributed by atoms with Gasteiger partial charge in [-0.15, -0.1) is 0 Å². The molecule has 0 saturated carbocycles. The molecule has 2 nitrogen and oxygen atoms in total. The molecule has 0 unspecified atom stereocenters. The van der Waals surface area contributed by atoms with Gasteiger partial charge in [0.25, 0.3) is 0 Å². The van der Waals surface area contributed by atoms with Gasteiger partial charge in [-0.05, 0) is 23.8 Å². The summed E-state index contributed by atoms with van der Waals surface area (Å²) >= 11 is 0. The van der Waals surface area contributed by atoms with Gasteiger partial charge in [-0.25, -0.2) is 9.18 Å². The Bertz CT molecular complexity index is 797. The number of carbonyl (C=O) groups is 1. The van der Waals surface area contributed by atoms with E-state index < -0.39 is 11.8 Å². The first kappa shape index (κ1) is 14.0. The molecule has 22 heavy (non-hydrogen) atoms. The lowest BCUT2D eigenvalue weighted by molar-refractivity contribution is 0.0731. The van der Waals surface area contributed by atoms with E-state index in [1.165, 1.54) is 18.2 Å². The molecule has 0 fully saturated rings. The van der Waals surface area contributed by atoms with Crippen molar-refractivity contribution in [2.75, 3.05) is 0 Å². The summed E-state index contributed by atoms with van der Waals surface area (Å²) in [4.78, 5) is 12.2. The summed E-state index contributed by atoms with van der Waals surface area (Å²) in [5, 5.41) is 0. The summed E-state index contributed by atoms with van der Waals surface area (Å²) in [6.07, 6.45) is 0. The fourth-order valence-corrected chi connectivity index (χ4v) is 2.19. The van der Waals surface area contributed by atoms with E-state index in [1.807, 2.05) is 42.5 Å². The van der Waals surface area contributed by atoms with Crippen molar-refractivity contribution >= 4 is 5.97 Å². The minimum atomic E-state index is -0.707. The Hall–Kier alpha value is -2.94. The Morgan fingerprint density at radius 3 is 2.18 bits per heavy atom. The van der Waals surface area contributed by atoms with Crippen molar-refractivity contribution < 1.29 is 13.9 Å². The highest BCUT2D eigenvalue weighted by Crippen LogP contribution is 2.30. The minimum Gasteiger partial charge on any atom is -0.422 e. The van der Waals surface area contributed by atoms with Crippen molar-refractivity contribution in [3.05, 3.63) is 90.2 Å². The first-order chi connectivity index (χ1) is 10.8. The summed E-state index contributed by atoms with van der Waals surface area (Å²) in [5.74, 6) is -0.895. The van der Waals surface area contributed by atoms with Gasteiger partial charge in [-0.1, -0.05) is 60.7 Å². The molecule has 0 radical (unpaired) electrons. The second kappa shape index (κ2) is 6.22. The zero-order valence-electron chi connectivity index (χ0n) is 11.7. The van der Waals surface area contributed by atoms with Crippen molar-refractivity contribution in [3.8, 4) is 16.9 Å². The van der Waals surface area contributed by atoms with Crippen LogP contribution in [0.3, 0.4) is 0 Å². The molecule has 3 aromatic carbocycles. The fourth-order valence-electron chi connectivity index (χ4n) is 2.19. The molecular formula is C19H13FO2. The SMILES string of the molecule is O=C(Oc1ccccc1-c1ccccc1)c1ccccc1F. The summed E-state index contributed by atoms with van der Waals surface area (Å²) in [6.45, 7) is 0. The third-order valence-electron chi connectivity index (χ3n) is 3.27. The number of para-hydroxylation sites is 1. The van der Waals surface area contributed by atoms with Gasteiger partial charge in [0.1, 0.15) is 11.6 Å². The molecule has 0 N–H and O–H groups in total. The molecular weight excluding hydrogens is 279 g/mol. The number of halogens is 1. The van der Waals surface area contributed by atoms with Gasteiger partial charge in [0.05, 0.1) is 5.56 Å². The topological polar surface area (TPSA) is 26.3 Å². The Kier molecular flexibility index (Phi) is 3.97. The van der Waals surface area contributed by atoms with E-state index in [0.717, 1.165) is 11.1 Å². The number of carbonyl (C=O) groups excluding carboxylic acids is 1. The highest BCUT2D eigenvalue weighted by Gasteiger charge is 2.15. The van der Waals surface area contributed by atoms with Crippen LogP contribution < -0.4 is 4.74 Å². The molecule has 3 heteroatoms. The zero-order valence-corrected chi connectivity index (χ0v) is 11.7. The summed E-state index contributed by atoms with van der Waals surface area (Å²) < 4.78 is 19.1. The van der Waals surface area contributed by atoms with Gasteiger partial charge in [0.2, 0.25) is 0 Å². The zero-order chi connectivity index (χ0) is 15.4. The van der Waals surface area contributed by atoms with Crippen LogP contribution >= 0.6 is 0 Å². The highest BCUT2D eigenvalue weighted by molar-refractivity contribution is 5.92. The van der Waals surface area contributed by atoms with Gasteiger partial charge >= 0.3 is 5.97 Å². The molecule has 0 aliphatic heterocycles. The quantitative estimate of drug-likeness (QED) is 0.516. The smallest absolute Gasteiger partial charge is 0.346 e. The van der Waals surface area contributed by atoms with Gasteiger partial charge in [-0.2, -0.15) is 0 Å². The van der Waals surface area contributed by atoms with E-state index in [4.69, 9.17) is 4.74 Å². The van der Waals surface area contributed by atoms with Crippen LogP contribution in [0.5, 0.6) is 5.75 Å². The lowest BCUT2D eigenvalue weighted by atomic mass is 10.0. The standard InChI is InChI=1S/C19H13FO2/c20-17-12-6-4-11-16(17)19(21)22-18-13-7-5-10-15(18)14-8-2-1-3-9-14/h1-13H. The second-order valence-corrected chi connectivity index (χ2v) is 4.73. The third-order valence-corrected chi connectivity index (χ3v) is 3.27. The predicted octanol–water partition coefficient (Wildman–Crippen LogP) is 4.71. The highest BCUT2D eigenvalue weighted by atomic mass is 19.1. The lowest BCUT2D eigenvalue weighted by Gasteiger charge is -2.10. The predicted molar refractivity (Wildman–Crippen MR) is 83.2 cm³/mol. The molecule has 0 saturated heterocycles. The van der Waals surface area contributed by atoms with Gasteiger partial charge < -0.3 is 4.74 Å². The number of hydrogen-bond donors (Lipinski definition) is 0. The second-order valence-electron chi connectivity index (χ2n) is 4.73. The normalized spacial score (nSPS) is 10.2. The molecule has 0 aliphatic carbocycles. The maximum atomic E-state index is 13.7. The Labute approximate surface area is 127 Å². The number of ether oxygens (including phenoxy) is 1. The Morgan fingerprint density at radius 2 is 1.41 bits per heavy atom. The lowest BCUT2D eigenvalue weighted by Crippen LogP contribution is -2.11. The van der Waals surface area contributed by atoms with Crippen LogP contribution in [-0.4, -0.2) is 5.97 Å². The van der Waals surface area contributed by atoms with Crippen LogP contribution in [-0.2, 0) is 0 Å². The first-order valence-electron chi connectivity index (χ1n) is 6.87. The molecule has 0 amide bonds. The maximum absolute atomic E-state index is 13.7. The summed E-state index contributed by atoms with van der Waals surface area (Å²) in [5.41, 5.74) is 1.64. The monoisotopic (exact) mass is 292 g/mol. The fraction of sp³-hybridized carbons (Fsp3) is 0. The van der Waals surface area contributed by atoms with Crippen molar-refractivity contribution in [2.24, 2.45) is 0 Å². The molecule has 3 aromatic rings. The molecule has 0 atom stereocenters. The molecule has 0 spiro atoms. The third kappa shape index (κ3) is 2.88. The van der Waals surface area contributed by atoms with E-state index in [2.05, 4.69) is 0 Å². The van der Waals surface area contributed by atoms with E-state index in [9.17, 15) is 9.18 Å². The molecule has 108 valence electrons. The van der Waals surface area contributed by atoms with Crippen LogP contribution in [0.4, 0.5) is 4.39 Å². The molecule has 0 bridgehead atoms. The number of benzene rings is 3. The van der Waals surface area contributed by atoms with Crippen LogP contribution in [0.1, 0.15) is 10.4 Å². The Morgan fingerprint density at radius 1 is 0.773 bits per heavy atom. The first-order valence-corrected chi connectivity index (χ1v) is 6.87. The number of esters is 1. The van der Waals surface area contributed by atoms with Crippen molar-refractivity contribution in [1.82, 2.24) is 0 Å². The molecule has 0 aromatic heterocycles. The largest absolute Gasteiger partial charge is 0.422 e. The van der Waals surface area contributed by atoms with Crippen molar-refractivity contribution in [1.29, 1.82) is 0 Å².